The Morgan fingerprint density at radius 1 is 1.00 bits per heavy atom. The Bertz CT molecular complexity index is 884. The molecule has 7 heteroatoms. The van der Waals surface area contributed by atoms with Gasteiger partial charge in [0.2, 0.25) is 5.90 Å². The predicted octanol–water partition coefficient (Wildman–Crippen LogP) is 4.36. The molecule has 5 nitrogen and oxygen atoms in total. The van der Waals surface area contributed by atoms with Gasteiger partial charge in [-0.2, -0.15) is 0 Å². The second kappa shape index (κ2) is 7.17. The number of carbonyl (C=O) groups excluding carboxylic acids is 1. The van der Waals surface area contributed by atoms with Crippen molar-refractivity contribution in [1.29, 1.82) is 0 Å². The smallest absolute Gasteiger partial charge is 0.363 e. The van der Waals surface area contributed by atoms with Crippen LogP contribution in [0.5, 0.6) is 11.5 Å². The van der Waals surface area contributed by atoms with Crippen molar-refractivity contribution in [3.8, 4) is 11.5 Å². The Morgan fingerprint density at radius 3 is 2.28 bits per heavy atom. The van der Waals surface area contributed by atoms with Gasteiger partial charge in [-0.15, -0.1) is 0 Å². The molecule has 0 aromatic heterocycles. The summed E-state index contributed by atoms with van der Waals surface area (Å²) in [6, 6.07) is 10.2. The summed E-state index contributed by atoms with van der Waals surface area (Å²) >= 11 is 11.9. The van der Waals surface area contributed by atoms with Gasteiger partial charge in [0.05, 0.1) is 24.3 Å². The maximum absolute atomic E-state index is 12.1. The Balaban J connectivity index is 1.97. The number of hydrogen-bond donors (Lipinski definition) is 0. The number of methoxy groups -OCH3 is 2. The third-order valence-corrected chi connectivity index (χ3v) is 4.20. The fourth-order valence-electron chi connectivity index (χ4n) is 2.22. The molecule has 2 aromatic carbocycles. The molecule has 0 radical (unpaired) electrons. The van der Waals surface area contributed by atoms with E-state index in [0.29, 0.717) is 32.7 Å². The highest BCUT2D eigenvalue weighted by Gasteiger charge is 2.25. The summed E-state index contributed by atoms with van der Waals surface area (Å²) in [7, 11) is 3.08. The lowest BCUT2D eigenvalue weighted by Crippen LogP contribution is -2.06. The normalized spacial score (nSPS) is 15.1. The Hall–Kier alpha value is -2.50. The SMILES string of the molecule is COc1cc(OC)cc(C2=N/C(=C/c3ccc(Cl)c(Cl)c3)C(=O)O2)c1. The van der Waals surface area contributed by atoms with E-state index in [1.54, 1.807) is 42.5 Å². The number of hydrogen-bond acceptors (Lipinski definition) is 5. The van der Waals surface area contributed by atoms with Crippen molar-refractivity contribution in [2.24, 2.45) is 4.99 Å². The zero-order valence-corrected chi connectivity index (χ0v) is 14.9. The van der Waals surface area contributed by atoms with Crippen LogP contribution in [0, 0.1) is 0 Å². The topological polar surface area (TPSA) is 57.1 Å². The third-order valence-electron chi connectivity index (χ3n) is 3.47. The maximum atomic E-state index is 12.1. The number of esters is 1. The fourth-order valence-corrected chi connectivity index (χ4v) is 2.53. The molecule has 0 atom stereocenters. The number of cyclic esters (lactones) is 1. The van der Waals surface area contributed by atoms with Crippen molar-refractivity contribution in [3.05, 3.63) is 63.3 Å². The zero-order chi connectivity index (χ0) is 18.0. The molecule has 0 unspecified atom stereocenters. The van der Waals surface area contributed by atoms with Crippen LogP contribution < -0.4 is 9.47 Å². The molecular formula is C18H13Cl2NO4. The van der Waals surface area contributed by atoms with Gasteiger partial charge in [-0.25, -0.2) is 9.79 Å². The number of nitrogens with zero attached hydrogens (tertiary/aromatic N) is 1. The molecule has 0 N–H and O–H groups in total. The summed E-state index contributed by atoms with van der Waals surface area (Å²) in [6.07, 6.45) is 1.58. The second-order valence-electron chi connectivity index (χ2n) is 5.11. The molecule has 25 heavy (non-hydrogen) atoms. The number of rotatable bonds is 4. The van der Waals surface area contributed by atoms with Crippen LogP contribution in [0.1, 0.15) is 11.1 Å². The summed E-state index contributed by atoms with van der Waals surface area (Å²) in [6.45, 7) is 0. The first-order valence-electron chi connectivity index (χ1n) is 7.21. The molecule has 1 aliphatic heterocycles. The molecule has 128 valence electrons. The minimum atomic E-state index is -0.553. The van der Waals surface area contributed by atoms with Crippen LogP contribution in [0.4, 0.5) is 0 Å². The average Bonchev–Trinajstić information content (AvgIpc) is 2.98. The van der Waals surface area contributed by atoms with Crippen LogP contribution in [-0.2, 0) is 9.53 Å². The molecule has 1 aliphatic rings. The third kappa shape index (κ3) is 3.78. The highest BCUT2D eigenvalue weighted by atomic mass is 35.5. The first-order chi connectivity index (χ1) is 12.0. The Labute approximate surface area is 154 Å². The first-order valence-corrected chi connectivity index (χ1v) is 7.97. The van der Waals surface area contributed by atoms with E-state index in [0.717, 1.165) is 0 Å². The van der Waals surface area contributed by atoms with E-state index < -0.39 is 5.97 Å². The molecule has 0 fully saturated rings. The summed E-state index contributed by atoms with van der Waals surface area (Å²) in [5.74, 6) is 0.751. The van der Waals surface area contributed by atoms with Gasteiger partial charge in [-0.05, 0) is 35.9 Å². The molecule has 0 bridgehead atoms. The average molecular weight is 378 g/mol. The van der Waals surface area contributed by atoms with Gasteiger partial charge < -0.3 is 14.2 Å². The molecular weight excluding hydrogens is 365 g/mol. The highest BCUT2D eigenvalue weighted by molar-refractivity contribution is 6.42. The Kier molecular flexibility index (Phi) is 4.97. The van der Waals surface area contributed by atoms with Crippen LogP contribution in [0.25, 0.3) is 6.08 Å². The van der Waals surface area contributed by atoms with Crippen molar-refractivity contribution < 1.29 is 19.0 Å². The van der Waals surface area contributed by atoms with E-state index in [1.165, 1.54) is 14.2 Å². The lowest BCUT2D eigenvalue weighted by Gasteiger charge is -2.07. The standard InChI is InChI=1S/C18H13Cl2NO4/c1-23-12-7-11(8-13(9-12)24-2)17-21-16(18(22)25-17)6-10-3-4-14(19)15(20)5-10/h3-9H,1-2H3/b16-6+. The fraction of sp³-hybridized carbons (Fsp3) is 0.111. The molecule has 3 rings (SSSR count). The minimum absolute atomic E-state index is 0.162. The van der Waals surface area contributed by atoms with E-state index in [1.807, 2.05) is 0 Å². The molecule has 2 aromatic rings. The summed E-state index contributed by atoms with van der Waals surface area (Å²) in [4.78, 5) is 16.4. The summed E-state index contributed by atoms with van der Waals surface area (Å²) < 4.78 is 15.7. The lowest BCUT2D eigenvalue weighted by atomic mass is 10.2. The van der Waals surface area contributed by atoms with Gasteiger partial charge >= 0.3 is 5.97 Å². The van der Waals surface area contributed by atoms with E-state index in [-0.39, 0.29) is 11.6 Å². The van der Waals surface area contributed by atoms with E-state index in [4.69, 9.17) is 37.4 Å². The van der Waals surface area contributed by atoms with Gasteiger partial charge in [0.15, 0.2) is 5.70 Å². The van der Waals surface area contributed by atoms with Crippen molar-refractivity contribution in [3.63, 3.8) is 0 Å². The minimum Gasteiger partial charge on any atom is -0.497 e. The first kappa shape index (κ1) is 17.3. The van der Waals surface area contributed by atoms with Gasteiger partial charge in [-0.3, -0.25) is 0 Å². The zero-order valence-electron chi connectivity index (χ0n) is 13.4. The molecule has 0 saturated carbocycles. The van der Waals surface area contributed by atoms with Gasteiger partial charge in [-0.1, -0.05) is 29.3 Å². The van der Waals surface area contributed by atoms with Gasteiger partial charge in [0.1, 0.15) is 11.5 Å². The van der Waals surface area contributed by atoms with Crippen LogP contribution in [-0.4, -0.2) is 26.1 Å². The van der Waals surface area contributed by atoms with Crippen molar-refractivity contribution in [1.82, 2.24) is 0 Å². The van der Waals surface area contributed by atoms with Gasteiger partial charge in [0, 0.05) is 11.6 Å². The van der Waals surface area contributed by atoms with Crippen LogP contribution >= 0.6 is 23.2 Å². The van der Waals surface area contributed by atoms with Crippen LogP contribution in [0.2, 0.25) is 10.0 Å². The molecule has 0 saturated heterocycles. The van der Waals surface area contributed by atoms with Crippen molar-refractivity contribution in [2.75, 3.05) is 14.2 Å². The largest absolute Gasteiger partial charge is 0.497 e. The second-order valence-corrected chi connectivity index (χ2v) is 5.93. The number of ether oxygens (including phenoxy) is 3. The Morgan fingerprint density at radius 2 is 1.68 bits per heavy atom. The molecule has 0 amide bonds. The van der Waals surface area contributed by atoms with E-state index >= 15 is 0 Å². The molecule has 0 aliphatic carbocycles. The van der Waals surface area contributed by atoms with Gasteiger partial charge in [0.25, 0.3) is 0 Å². The van der Waals surface area contributed by atoms with Crippen molar-refractivity contribution in [2.45, 2.75) is 0 Å². The number of aliphatic imine (C=N–C) groups is 1. The number of halogens is 2. The van der Waals surface area contributed by atoms with E-state index in [9.17, 15) is 4.79 Å². The molecule has 1 heterocycles. The van der Waals surface area contributed by atoms with Crippen LogP contribution in [0.15, 0.2) is 47.1 Å². The predicted molar refractivity (Wildman–Crippen MR) is 96.6 cm³/mol. The monoisotopic (exact) mass is 377 g/mol. The van der Waals surface area contributed by atoms with Crippen LogP contribution in [0.3, 0.4) is 0 Å². The maximum Gasteiger partial charge on any atom is 0.363 e. The summed E-state index contributed by atoms with van der Waals surface area (Å²) in [5.41, 5.74) is 1.42. The summed E-state index contributed by atoms with van der Waals surface area (Å²) in [5, 5.41) is 0.828. The number of benzene rings is 2. The number of carbonyl (C=O) groups is 1. The highest BCUT2D eigenvalue weighted by Crippen LogP contribution is 2.28. The van der Waals surface area contributed by atoms with E-state index in [2.05, 4.69) is 4.99 Å². The van der Waals surface area contributed by atoms with Crippen molar-refractivity contribution >= 4 is 41.1 Å². The quantitative estimate of drug-likeness (QED) is 0.586. The molecule has 0 spiro atoms. The lowest BCUT2D eigenvalue weighted by molar-refractivity contribution is -0.129.